The van der Waals surface area contributed by atoms with Gasteiger partial charge in [0.15, 0.2) is 0 Å². The molecule has 3 rings (SSSR count). The van der Waals surface area contributed by atoms with E-state index in [9.17, 15) is 4.79 Å². The lowest BCUT2D eigenvalue weighted by molar-refractivity contribution is -0.137. The van der Waals surface area contributed by atoms with E-state index >= 15 is 0 Å². The van der Waals surface area contributed by atoms with Gasteiger partial charge >= 0.3 is 0 Å². The first-order chi connectivity index (χ1) is 8.25. The van der Waals surface area contributed by atoms with Gasteiger partial charge in [0.05, 0.1) is 0 Å². The fourth-order valence-corrected chi connectivity index (χ4v) is 4.34. The van der Waals surface area contributed by atoms with E-state index in [-0.39, 0.29) is 11.0 Å². The number of carbonyl (C=O) groups is 1. The van der Waals surface area contributed by atoms with Crippen LogP contribution in [0, 0.1) is 5.41 Å². The molecule has 0 aromatic carbocycles. The van der Waals surface area contributed by atoms with Crippen LogP contribution in [-0.2, 0) is 4.79 Å². The predicted octanol–water partition coefficient (Wildman–Crippen LogP) is 3.55. The van der Waals surface area contributed by atoms with Crippen LogP contribution in [-0.4, -0.2) is 11.4 Å². The highest BCUT2D eigenvalue weighted by Gasteiger charge is 2.49. The molecule has 3 aliphatic rings. The van der Waals surface area contributed by atoms with Crippen molar-refractivity contribution in [3.63, 3.8) is 0 Å². The molecule has 1 aliphatic heterocycles. The zero-order chi connectivity index (χ0) is 11.8. The first-order valence-electron chi connectivity index (χ1n) is 7.58. The average Bonchev–Trinajstić information content (AvgIpc) is 2.69. The summed E-state index contributed by atoms with van der Waals surface area (Å²) in [6.07, 6.45) is 15.1. The molecule has 2 aliphatic carbocycles. The SMILES string of the molecule is O=C1NC2(CCCCCC2)CCC12CCCC2. The summed E-state index contributed by atoms with van der Waals surface area (Å²) in [5.41, 5.74) is 0.249. The van der Waals surface area contributed by atoms with Crippen molar-refractivity contribution in [1.82, 2.24) is 5.32 Å². The van der Waals surface area contributed by atoms with E-state index in [1.165, 1.54) is 64.2 Å². The Bertz CT molecular complexity index is 296. The molecular weight excluding hydrogens is 210 g/mol. The van der Waals surface area contributed by atoms with Crippen LogP contribution in [0.4, 0.5) is 0 Å². The maximum atomic E-state index is 12.5. The third-order valence-electron chi connectivity index (χ3n) is 5.56. The number of hydrogen-bond acceptors (Lipinski definition) is 1. The molecule has 0 aromatic rings. The Labute approximate surface area is 105 Å². The van der Waals surface area contributed by atoms with Gasteiger partial charge in [-0.2, -0.15) is 0 Å². The summed E-state index contributed by atoms with van der Waals surface area (Å²) in [6.45, 7) is 0. The Kier molecular flexibility index (Phi) is 2.92. The standard InChI is InChI=1S/C15H25NO/c17-13-14(7-5-6-8-14)11-12-15(16-13)9-3-1-2-4-10-15/h1-12H2,(H,16,17). The predicted molar refractivity (Wildman–Crippen MR) is 68.7 cm³/mol. The Morgan fingerprint density at radius 1 is 0.706 bits per heavy atom. The van der Waals surface area contributed by atoms with Crippen LogP contribution in [0.1, 0.15) is 77.0 Å². The minimum Gasteiger partial charge on any atom is -0.350 e. The lowest BCUT2D eigenvalue weighted by Gasteiger charge is -2.45. The number of piperidine rings is 1. The molecule has 3 fully saturated rings. The summed E-state index contributed by atoms with van der Waals surface area (Å²) < 4.78 is 0. The summed E-state index contributed by atoms with van der Waals surface area (Å²) >= 11 is 0. The molecule has 0 bridgehead atoms. The molecule has 0 unspecified atom stereocenters. The van der Waals surface area contributed by atoms with Crippen LogP contribution in [0.2, 0.25) is 0 Å². The molecule has 2 spiro atoms. The molecule has 1 saturated heterocycles. The van der Waals surface area contributed by atoms with Gasteiger partial charge in [-0.1, -0.05) is 38.5 Å². The van der Waals surface area contributed by atoms with Crippen molar-refractivity contribution in [2.75, 3.05) is 0 Å². The van der Waals surface area contributed by atoms with Gasteiger partial charge in [0.25, 0.3) is 0 Å². The molecule has 1 amide bonds. The zero-order valence-electron chi connectivity index (χ0n) is 10.9. The molecule has 0 radical (unpaired) electrons. The normalized spacial score (nSPS) is 31.4. The molecule has 2 saturated carbocycles. The average molecular weight is 235 g/mol. The third-order valence-corrected chi connectivity index (χ3v) is 5.56. The molecule has 1 heterocycles. The smallest absolute Gasteiger partial charge is 0.226 e. The summed E-state index contributed by atoms with van der Waals surface area (Å²) in [4.78, 5) is 12.5. The van der Waals surface area contributed by atoms with E-state index in [1.807, 2.05) is 0 Å². The van der Waals surface area contributed by atoms with Gasteiger partial charge < -0.3 is 5.32 Å². The fourth-order valence-electron chi connectivity index (χ4n) is 4.34. The molecule has 2 nitrogen and oxygen atoms in total. The second kappa shape index (κ2) is 4.29. The lowest BCUT2D eigenvalue weighted by Crippen LogP contribution is -2.57. The second-order valence-electron chi connectivity index (χ2n) is 6.64. The van der Waals surface area contributed by atoms with Crippen molar-refractivity contribution in [1.29, 1.82) is 0 Å². The molecule has 96 valence electrons. The summed E-state index contributed by atoms with van der Waals surface area (Å²) in [6, 6.07) is 0. The van der Waals surface area contributed by atoms with Crippen molar-refractivity contribution < 1.29 is 4.79 Å². The molecular formula is C15H25NO. The van der Waals surface area contributed by atoms with Crippen LogP contribution in [0.25, 0.3) is 0 Å². The number of nitrogens with one attached hydrogen (secondary N) is 1. The van der Waals surface area contributed by atoms with E-state index in [4.69, 9.17) is 0 Å². The minimum atomic E-state index is 0.0531. The third kappa shape index (κ3) is 2.00. The van der Waals surface area contributed by atoms with Crippen LogP contribution in [0.15, 0.2) is 0 Å². The van der Waals surface area contributed by atoms with Gasteiger partial charge in [-0.15, -0.1) is 0 Å². The van der Waals surface area contributed by atoms with E-state index in [1.54, 1.807) is 0 Å². The van der Waals surface area contributed by atoms with E-state index < -0.39 is 0 Å². The lowest BCUT2D eigenvalue weighted by atomic mass is 9.70. The number of hydrogen-bond donors (Lipinski definition) is 1. The van der Waals surface area contributed by atoms with Crippen molar-refractivity contribution in [2.24, 2.45) is 5.41 Å². The van der Waals surface area contributed by atoms with E-state index in [2.05, 4.69) is 5.32 Å². The Morgan fingerprint density at radius 2 is 1.29 bits per heavy atom. The van der Waals surface area contributed by atoms with Crippen molar-refractivity contribution in [3.8, 4) is 0 Å². The van der Waals surface area contributed by atoms with Crippen LogP contribution in [0.5, 0.6) is 0 Å². The van der Waals surface area contributed by atoms with Gasteiger partial charge in [0.2, 0.25) is 5.91 Å². The molecule has 17 heavy (non-hydrogen) atoms. The Morgan fingerprint density at radius 3 is 1.88 bits per heavy atom. The van der Waals surface area contributed by atoms with Crippen molar-refractivity contribution in [3.05, 3.63) is 0 Å². The van der Waals surface area contributed by atoms with Crippen LogP contribution in [0.3, 0.4) is 0 Å². The largest absolute Gasteiger partial charge is 0.350 e. The monoisotopic (exact) mass is 235 g/mol. The van der Waals surface area contributed by atoms with E-state index in [0.29, 0.717) is 5.91 Å². The maximum Gasteiger partial charge on any atom is 0.226 e. The molecule has 0 aromatic heterocycles. The quantitative estimate of drug-likeness (QED) is 0.683. The molecule has 2 heteroatoms. The van der Waals surface area contributed by atoms with Gasteiger partial charge in [-0.25, -0.2) is 0 Å². The van der Waals surface area contributed by atoms with Gasteiger partial charge in [-0.05, 0) is 38.5 Å². The fraction of sp³-hybridized carbons (Fsp3) is 0.933. The second-order valence-corrected chi connectivity index (χ2v) is 6.64. The molecule has 1 N–H and O–H groups in total. The summed E-state index contributed by atoms with van der Waals surface area (Å²) in [5.74, 6) is 0.406. The molecule has 0 atom stereocenters. The first-order valence-corrected chi connectivity index (χ1v) is 7.58. The maximum absolute atomic E-state index is 12.5. The highest BCUT2D eigenvalue weighted by Crippen LogP contribution is 2.48. The minimum absolute atomic E-state index is 0.0531. The first kappa shape index (κ1) is 11.6. The van der Waals surface area contributed by atoms with Gasteiger partial charge in [-0.3, -0.25) is 4.79 Å². The van der Waals surface area contributed by atoms with Gasteiger partial charge in [0, 0.05) is 11.0 Å². The van der Waals surface area contributed by atoms with Crippen molar-refractivity contribution in [2.45, 2.75) is 82.6 Å². The number of amides is 1. The summed E-state index contributed by atoms with van der Waals surface area (Å²) in [7, 11) is 0. The van der Waals surface area contributed by atoms with Gasteiger partial charge in [0.1, 0.15) is 0 Å². The highest BCUT2D eigenvalue weighted by molar-refractivity contribution is 5.84. The Hall–Kier alpha value is -0.530. The topological polar surface area (TPSA) is 29.1 Å². The Balaban J connectivity index is 1.73. The number of rotatable bonds is 0. The van der Waals surface area contributed by atoms with Crippen molar-refractivity contribution >= 4 is 5.91 Å². The summed E-state index contributed by atoms with van der Waals surface area (Å²) in [5, 5.41) is 3.47. The van der Waals surface area contributed by atoms with Crippen LogP contribution < -0.4 is 5.32 Å². The zero-order valence-corrected chi connectivity index (χ0v) is 10.9. The van der Waals surface area contributed by atoms with Crippen LogP contribution >= 0.6 is 0 Å². The number of carbonyl (C=O) groups excluding carboxylic acids is 1. The van der Waals surface area contributed by atoms with E-state index in [0.717, 1.165) is 12.8 Å². The highest BCUT2D eigenvalue weighted by atomic mass is 16.2.